The molecule has 0 bridgehead atoms. The molecule has 9 nitrogen and oxygen atoms in total. The van der Waals surface area contributed by atoms with Crippen LogP contribution in [0.25, 0.3) is 0 Å². The molecule has 5 N–H and O–H groups in total. The third kappa shape index (κ3) is 4.89. The monoisotopic (exact) mass is 419 g/mol. The van der Waals surface area contributed by atoms with E-state index >= 15 is 0 Å². The van der Waals surface area contributed by atoms with E-state index in [1.165, 1.54) is 6.07 Å². The molecule has 0 aromatic heterocycles. The van der Waals surface area contributed by atoms with Gasteiger partial charge < -0.3 is 40.0 Å². The first-order valence-electron chi connectivity index (χ1n) is 9.42. The summed E-state index contributed by atoms with van der Waals surface area (Å²) in [6.07, 6.45) is -7.12. The fourth-order valence-electron chi connectivity index (χ4n) is 3.07. The summed E-state index contributed by atoms with van der Waals surface area (Å²) in [6.45, 7) is -0.300. The molecule has 1 aliphatic heterocycles. The molecular weight excluding hydrogens is 394 g/mol. The Morgan fingerprint density at radius 1 is 1.03 bits per heavy atom. The fourth-order valence-corrected chi connectivity index (χ4v) is 3.07. The number of para-hydroxylation sites is 1. The minimum atomic E-state index is -1.57. The smallest absolute Gasteiger partial charge is 0.255 e. The van der Waals surface area contributed by atoms with Gasteiger partial charge in [-0.1, -0.05) is 24.3 Å². The molecule has 2 aromatic carbocycles. The van der Waals surface area contributed by atoms with Crippen LogP contribution in [-0.2, 0) is 11.3 Å². The van der Waals surface area contributed by atoms with Gasteiger partial charge in [0.15, 0.2) is 0 Å². The number of rotatable bonds is 7. The molecule has 0 unspecified atom stereocenters. The average Bonchev–Trinajstić information content (AvgIpc) is 2.78. The van der Waals surface area contributed by atoms with E-state index in [4.69, 9.17) is 14.2 Å². The number of nitrogens with one attached hydrogen (secondary N) is 1. The lowest BCUT2D eigenvalue weighted by molar-refractivity contribution is -0.277. The molecule has 1 fully saturated rings. The normalized spacial score (nSPS) is 26.1. The number of aliphatic hydroxyl groups is 4. The van der Waals surface area contributed by atoms with Crippen LogP contribution in [-0.4, -0.2) is 70.8 Å². The summed E-state index contributed by atoms with van der Waals surface area (Å²) in [4.78, 5) is 12.7. The minimum absolute atomic E-state index is 0.120. The Morgan fingerprint density at radius 3 is 2.40 bits per heavy atom. The number of carbonyl (C=O) groups is 1. The SMILES string of the molecule is COc1ccc(CNC(=O)c2ccccc2O[C@@H]2O[C@H](CO)[C@@H](O)[C@H](O)[C@H]2O)cc1. The minimum Gasteiger partial charge on any atom is -0.497 e. The summed E-state index contributed by atoms with van der Waals surface area (Å²) >= 11 is 0. The number of aliphatic hydroxyl groups excluding tert-OH is 4. The maximum Gasteiger partial charge on any atom is 0.255 e. The maximum atomic E-state index is 12.7. The number of hydrogen-bond donors (Lipinski definition) is 5. The lowest BCUT2D eigenvalue weighted by Crippen LogP contribution is -2.60. The molecule has 3 rings (SSSR count). The predicted octanol–water partition coefficient (Wildman–Crippen LogP) is -0.196. The first kappa shape index (κ1) is 22.0. The summed E-state index contributed by atoms with van der Waals surface area (Å²) < 4.78 is 16.1. The average molecular weight is 419 g/mol. The van der Waals surface area contributed by atoms with Gasteiger partial charge in [-0.3, -0.25) is 4.79 Å². The maximum absolute atomic E-state index is 12.7. The van der Waals surface area contributed by atoms with Crippen LogP contribution in [0.4, 0.5) is 0 Å². The molecule has 162 valence electrons. The van der Waals surface area contributed by atoms with E-state index in [1.807, 2.05) is 12.1 Å². The van der Waals surface area contributed by atoms with Gasteiger partial charge in [-0.25, -0.2) is 0 Å². The Kier molecular flexibility index (Phi) is 7.24. The molecule has 1 saturated heterocycles. The van der Waals surface area contributed by atoms with Gasteiger partial charge in [0.2, 0.25) is 6.29 Å². The molecule has 9 heteroatoms. The van der Waals surface area contributed by atoms with Gasteiger partial charge in [0, 0.05) is 6.54 Å². The zero-order valence-electron chi connectivity index (χ0n) is 16.3. The predicted molar refractivity (Wildman–Crippen MR) is 105 cm³/mol. The molecule has 1 amide bonds. The van der Waals surface area contributed by atoms with E-state index in [0.29, 0.717) is 5.75 Å². The number of ether oxygens (including phenoxy) is 3. The highest BCUT2D eigenvalue weighted by molar-refractivity contribution is 5.96. The van der Waals surface area contributed by atoms with Crippen molar-refractivity contribution in [2.45, 2.75) is 37.3 Å². The Hall–Kier alpha value is -2.69. The van der Waals surface area contributed by atoms with Crippen LogP contribution in [0, 0.1) is 0 Å². The van der Waals surface area contributed by atoms with Gasteiger partial charge in [0.05, 0.1) is 19.3 Å². The van der Waals surface area contributed by atoms with Crippen LogP contribution in [0.2, 0.25) is 0 Å². The molecule has 5 atom stereocenters. The van der Waals surface area contributed by atoms with Crippen LogP contribution in [0.5, 0.6) is 11.5 Å². The van der Waals surface area contributed by atoms with Crippen molar-refractivity contribution in [2.24, 2.45) is 0 Å². The van der Waals surface area contributed by atoms with E-state index in [9.17, 15) is 25.2 Å². The Morgan fingerprint density at radius 2 is 1.73 bits per heavy atom. The van der Waals surface area contributed by atoms with Crippen molar-refractivity contribution < 1.29 is 39.4 Å². The second-order valence-electron chi connectivity index (χ2n) is 6.84. The van der Waals surface area contributed by atoms with Gasteiger partial charge >= 0.3 is 0 Å². The van der Waals surface area contributed by atoms with Crippen molar-refractivity contribution in [1.29, 1.82) is 0 Å². The molecular formula is C21H25NO8. The second kappa shape index (κ2) is 9.88. The van der Waals surface area contributed by atoms with Crippen molar-refractivity contribution in [2.75, 3.05) is 13.7 Å². The highest BCUT2D eigenvalue weighted by Crippen LogP contribution is 2.26. The topological polar surface area (TPSA) is 138 Å². The fraction of sp³-hybridized carbons (Fsp3) is 0.381. The third-order valence-corrected chi connectivity index (χ3v) is 4.84. The summed E-state index contributed by atoms with van der Waals surface area (Å²) in [5.74, 6) is 0.420. The zero-order chi connectivity index (χ0) is 21.7. The van der Waals surface area contributed by atoms with Gasteiger partial charge in [0.25, 0.3) is 5.91 Å². The largest absolute Gasteiger partial charge is 0.497 e. The zero-order valence-corrected chi connectivity index (χ0v) is 16.3. The molecule has 0 saturated carbocycles. The third-order valence-electron chi connectivity index (χ3n) is 4.84. The Labute approximate surface area is 173 Å². The van der Waals surface area contributed by atoms with E-state index in [2.05, 4.69) is 5.32 Å². The van der Waals surface area contributed by atoms with Crippen molar-refractivity contribution >= 4 is 5.91 Å². The molecule has 0 aliphatic carbocycles. The summed E-state index contributed by atoms with van der Waals surface area (Å²) in [6, 6.07) is 13.6. The van der Waals surface area contributed by atoms with Crippen LogP contribution < -0.4 is 14.8 Å². The van der Waals surface area contributed by atoms with Crippen molar-refractivity contribution in [3.8, 4) is 11.5 Å². The van der Waals surface area contributed by atoms with Crippen molar-refractivity contribution in [3.05, 3.63) is 59.7 Å². The number of benzene rings is 2. The molecule has 30 heavy (non-hydrogen) atoms. The van der Waals surface area contributed by atoms with E-state index in [-0.39, 0.29) is 17.9 Å². The van der Waals surface area contributed by atoms with Crippen molar-refractivity contribution in [1.82, 2.24) is 5.32 Å². The summed E-state index contributed by atoms with van der Waals surface area (Å²) in [7, 11) is 1.57. The highest BCUT2D eigenvalue weighted by atomic mass is 16.7. The van der Waals surface area contributed by atoms with Crippen LogP contribution in [0.1, 0.15) is 15.9 Å². The van der Waals surface area contributed by atoms with E-state index in [1.54, 1.807) is 37.4 Å². The number of amides is 1. The number of methoxy groups -OCH3 is 1. The van der Waals surface area contributed by atoms with Crippen LogP contribution in [0.15, 0.2) is 48.5 Å². The van der Waals surface area contributed by atoms with Crippen LogP contribution in [0.3, 0.4) is 0 Å². The molecule has 1 aliphatic rings. The van der Waals surface area contributed by atoms with Crippen molar-refractivity contribution in [3.63, 3.8) is 0 Å². The standard InChI is InChI=1S/C21H25NO8/c1-28-13-8-6-12(7-9-13)10-22-20(27)14-4-2-3-5-15(14)29-21-19(26)18(25)17(24)16(11-23)30-21/h2-9,16-19,21,23-26H,10-11H2,1H3,(H,22,27)/t16-,17-,18+,19-,21-/m1/s1. The molecule has 2 aromatic rings. The van der Waals surface area contributed by atoms with Crippen LogP contribution >= 0.6 is 0 Å². The number of carbonyl (C=O) groups excluding carboxylic acids is 1. The number of hydrogen-bond acceptors (Lipinski definition) is 8. The highest BCUT2D eigenvalue weighted by Gasteiger charge is 2.44. The second-order valence-corrected chi connectivity index (χ2v) is 6.84. The molecule has 0 spiro atoms. The lowest BCUT2D eigenvalue weighted by Gasteiger charge is -2.39. The summed E-state index contributed by atoms with van der Waals surface area (Å²) in [5.41, 5.74) is 1.07. The quantitative estimate of drug-likeness (QED) is 0.416. The van der Waals surface area contributed by atoms with Gasteiger partial charge in [-0.2, -0.15) is 0 Å². The lowest BCUT2D eigenvalue weighted by atomic mass is 9.99. The molecule has 0 radical (unpaired) electrons. The van der Waals surface area contributed by atoms with E-state index < -0.39 is 43.2 Å². The Bertz CT molecular complexity index is 841. The first-order chi connectivity index (χ1) is 14.4. The van der Waals surface area contributed by atoms with Gasteiger partial charge in [0.1, 0.15) is 35.9 Å². The van der Waals surface area contributed by atoms with Gasteiger partial charge in [-0.05, 0) is 29.8 Å². The van der Waals surface area contributed by atoms with E-state index in [0.717, 1.165) is 5.56 Å². The molecule has 1 heterocycles. The first-order valence-corrected chi connectivity index (χ1v) is 9.42. The Balaban J connectivity index is 1.69. The summed E-state index contributed by atoms with van der Waals surface area (Å²) in [5, 5.41) is 42.0. The van der Waals surface area contributed by atoms with Gasteiger partial charge in [-0.15, -0.1) is 0 Å².